The maximum atomic E-state index is 12.1. The molecule has 2 aliphatic rings. The molecule has 2 aliphatic heterocycles. The molecule has 21 heavy (non-hydrogen) atoms. The van der Waals surface area contributed by atoms with Crippen LogP contribution in [0.3, 0.4) is 0 Å². The van der Waals surface area contributed by atoms with Gasteiger partial charge >= 0.3 is 6.03 Å². The average Bonchev–Trinajstić information content (AvgIpc) is 2.74. The van der Waals surface area contributed by atoms with Crippen molar-refractivity contribution in [1.29, 1.82) is 0 Å². The Morgan fingerprint density at radius 2 is 2.10 bits per heavy atom. The van der Waals surface area contributed by atoms with E-state index in [0.29, 0.717) is 11.7 Å². The SMILES string of the molecule is Cc1cccc(CN2C(=S)NC3C2C(=O)NC(=O)N3C)c1. The van der Waals surface area contributed by atoms with Crippen molar-refractivity contribution >= 4 is 29.3 Å². The van der Waals surface area contributed by atoms with Crippen LogP contribution < -0.4 is 10.6 Å². The fourth-order valence-electron chi connectivity index (χ4n) is 2.75. The first-order valence-corrected chi connectivity index (χ1v) is 7.08. The fourth-order valence-corrected chi connectivity index (χ4v) is 3.05. The molecule has 2 heterocycles. The predicted molar refractivity (Wildman–Crippen MR) is 81.3 cm³/mol. The number of thiocarbonyl (C=S) groups is 1. The maximum absolute atomic E-state index is 12.1. The number of aryl methyl sites for hydroxylation is 1. The molecular weight excluding hydrogens is 288 g/mol. The second-order valence-electron chi connectivity index (χ2n) is 5.36. The van der Waals surface area contributed by atoms with Crippen LogP contribution in [0.15, 0.2) is 24.3 Å². The quantitative estimate of drug-likeness (QED) is 0.782. The number of carbonyl (C=O) groups excluding carboxylic acids is 2. The molecule has 3 rings (SSSR count). The molecule has 7 heteroatoms. The van der Waals surface area contributed by atoms with Crippen LogP contribution >= 0.6 is 12.2 Å². The number of carbonyl (C=O) groups is 2. The highest BCUT2D eigenvalue weighted by Crippen LogP contribution is 2.22. The van der Waals surface area contributed by atoms with E-state index in [1.165, 1.54) is 4.90 Å². The monoisotopic (exact) mass is 304 g/mol. The van der Waals surface area contributed by atoms with Gasteiger partial charge in [0.25, 0.3) is 5.91 Å². The summed E-state index contributed by atoms with van der Waals surface area (Å²) in [6.45, 7) is 2.55. The number of benzene rings is 1. The first-order chi connectivity index (χ1) is 9.97. The van der Waals surface area contributed by atoms with Crippen molar-refractivity contribution in [3.63, 3.8) is 0 Å². The molecular formula is C14H16N4O2S. The van der Waals surface area contributed by atoms with Crippen LogP contribution in [0.4, 0.5) is 4.79 Å². The van der Waals surface area contributed by atoms with E-state index >= 15 is 0 Å². The average molecular weight is 304 g/mol. The van der Waals surface area contributed by atoms with Crippen molar-refractivity contribution in [1.82, 2.24) is 20.4 Å². The van der Waals surface area contributed by atoms with Crippen molar-refractivity contribution < 1.29 is 9.59 Å². The van der Waals surface area contributed by atoms with Gasteiger partial charge in [0.1, 0.15) is 12.2 Å². The first kappa shape index (κ1) is 13.8. The van der Waals surface area contributed by atoms with E-state index in [9.17, 15) is 9.59 Å². The third kappa shape index (κ3) is 2.33. The van der Waals surface area contributed by atoms with E-state index in [4.69, 9.17) is 12.2 Å². The normalized spacial score (nSPS) is 24.8. The minimum absolute atomic E-state index is 0.317. The number of imide groups is 1. The van der Waals surface area contributed by atoms with Crippen LogP contribution in [0, 0.1) is 6.92 Å². The summed E-state index contributed by atoms with van der Waals surface area (Å²) in [6.07, 6.45) is -0.413. The minimum Gasteiger partial charge on any atom is -0.340 e. The van der Waals surface area contributed by atoms with E-state index in [0.717, 1.165) is 11.1 Å². The van der Waals surface area contributed by atoms with Crippen LogP contribution in [0.2, 0.25) is 0 Å². The Hall–Kier alpha value is -2.15. The number of fused-ring (bicyclic) bond motifs is 1. The lowest BCUT2D eigenvalue weighted by Crippen LogP contribution is -2.64. The summed E-state index contributed by atoms with van der Waals surface area (Å²) < 4.78 is 0. The van der Waals surface area contributed by atoms with Crippen molar-refractivity contribution in [2.24, 2.45) is 0 Å². The molecule has 0 spiro atoms. The van der Waals surface area contributed by atoms with E-state index in [2.05, 4.69) is 16.7 Å². The molecule has 2 N–H and O–H groups in total. The van der Waals surface area contributed by atoms with Crippen LogP contribution in [0.1, 0.15) is 11.1 Å². The standard InChI is InChI=1S/C14H16N4O2S/c1-8-4-3-5-9(6-8)7-18-10-11(15-14(18)21)17(2)13(20)16-12(10)19/h3-6,10-11H,7H2,1-2H3,(H,15,21)(H,16,19,20). The lowest BCUT2D eigenvalue weighted by Gasteiger charge is -2.35. The molecule has 3 amide bonds. The summed E-state index contributed by atoms with van der Waals surface area (Å²) >= 11 is 5.33. The Morgan fingerprint density at radius 1 is 1.33 bits per heavy atom. The summed E-state index contributed by atoms with van der Waals surface area (Å²) in [7, 11) is 1.64. The first-order valence-electron chi connectivity index (χ1n) is 6.68. The molecule has 2 atom stereocenters. The second-order valence-corrected chi connectivity index (χ2v) is 5.75. The Balaban J connectivity index is 1.87. The highest BCUT2D eigenvalue weighted by Gasteiger charge is 2.49. The van der Waals surface area contributed by atoms with E-state index < -0.39 is 18.2 Å². The third-order valence-electron chi connectivity index (χ3n) is 3.84. The Bertz CT molecular complexity index is 633. The fraction of sp³-hybridized carbons (Fsp3) is 0.357. The molecule has 2 unspecified atom stereocenters. The number of likely N-dealkylation sites (N-methyl/N-ethyl adjacent to an activating group) is 1. The zero-order valence-corrected chi connectivity index (χ0v) is 12.6. The number of nitrogens with zero attached hydrogens (tertiary/aromatic N) is 2. The van der Waals surface area contributed by atoms with E-state index in [-0.39, 0.29) is 5.91 Å². The second kappa shape index (κ2) is 5.00. The topological polar surface area (TPSA) is 64.7 Å². The summed E-state index contributed by atoms with van der Waals surface area (Å²) in [4.78, 5) is 27.1. The van der Waals surface area contributed by atoms with Crippen molar-refractivity contribution in [2.75, 3.05) is 7.05 Å². The molecule has 110 valence electrons. The van der Waals surface area contributed by atoms with Gasteiger partial charge in [0.2, 0.25) is 0 Å². The van der Waals surface area contributed by atoms with Gasteiger partial charge in [0.05, 0.1) is 0 Å². The van der Waals surface area contributed by atoms with Crippen LogP contribution in [-0.2, 0) is 11.3 Å². The van der Waals surface area contributed by atoms with Gasteiger partial charge < -0.3 is 15.1 Å². The van der Waals surface area contributed by atoms with Crippen LogP contribution in [0.25, 0.3) is 0 Å². The van der Waals surface area contributed by atoms with E-state index in [1.54, 1.807) is 7.05 Å². The zero-order chi connectivity index (χ0) is 15.1. The van der Waals surface area contributed by atoms with Gasteiger partial charge in [-0.2, -0.15) is 0 Å². The smallest absolute Gasteiger partial charge is 0.325 e. The molecule has 0 aromatic heterocycles. The summed E-state index contributed by atoms with van der Waals surface area (Å²) in [5.74, 6) is -0.317. The molecule has 1 aromatic rings. The van der Waals surface area contributed by atoms with Crippen molar-refractivity contribution in [3.8, 4) is 0 Å². The number of hydrogen-bond donors (Lipinski definition) is 2. The Kier molecular flexibility index (Phi) is 3.29. The van der Waals surface area contributed by atoms with Gasteiger partial charge in [-0.1, -0.05) is 29.8 Å². The molecule has 0 radical (unpaired) electrons. The van der Waals surface area contributed by atoms with Gasteiger partial charge in [-0.05, 0) is 24.7 Å². The maximum Gasteiger partial charge on any atom is 0.325 e. The molecule has 1 aromatic carbocycles. The van der Waals surface area contributed by atoms with Gasteiger partial charge in [-0.3, -0.25) is 10.1 Å². The van der Waals surface area contributed by atoms with Crippen molar-refractivity contribution in [2.45, 2.75) is 25.7 Å². The zero-order valence-electron chi connectivity index (χ0n) is 11.8. The lowest BCUT2D eigenvalue weighted by molar-refractivity contribution is -0.127. The number of urea groups is 1. The molecule has 0 saturated carbocycles. The number of rotatable bonds is 2. The Morgan fingerprint density at radius 3 is 2.81 bits per heavy atom. The van der Waals surface area contributed by atoms with E-state index in [1.807, 2.05) is 30.0 Å². The van der Waals surface area contributed by atoms with Crippen LogP contribution in [-0.4, -0.2) is 46.1 Å². The molecule has 2 fully saturated rings. The molecule has 2 saturated heterocycles. The highest BCUT2D eigenvalue weighted by atomic mass is 32.1. The largest absolute Gasteiger partial charge is 0.340 e. The highest BCUT2D eigenvalue weighted by molar-refractivity contribution is 7.80. The Labute approximate surface area is 128 Å². The van der Waals surface area contributed by atoms with Gasteiger partial charge in [-0.15, -0.1) is 0 Å². The molecule has 0 aliphatic carbocycles. The minimum atomic E-state index is -0.499. The van der Waals surface area contributed by atoms with Gasteiger partial charge in [-0.25, -0.2) is 4.79 Å². The lowest BCUT2D eigenvalue weighted by atomic mass is 10.1. The van der Waals surface area contributed by atoms with Gasteiger partial charge in [0.15, 0.2) is 5.11 Å². The molecule has 6 nitrogen and oxygen atoms in total. The van der Waals surface area contributed by atoms with Gasteiger partial charge in [0, 0.05) is 13.6 Å². The van der Waals surface area contributed by atoms with Crippen molar-refractivity contribution in [3.05, 3.63) is 35.4 Å². The number of hydrogen-bond acceptors (Lipinski definition) is 3. The number of nitrogens with one attached hydrogen (secondary N) is 2. The molecule has 0 bridgehead atoms. The number of amides is 3. The summed E-state index contributed by atoms with van der Waals surface area (Å²) in [5, 5.41) is 5.90. The van der Waals surface area contributed by atoms with Crippen LogP contribution in [0.5, 0.6) is 0 Å². The predicted octanol–water partition coefficient (Wildman–Crippen LogP) is 0.561. The summed E-state index contributed by atoms with van der Waals surface area (Å²) in [6, 6.07) is 7.15. The third-order valence-corrected chi connectivity index (χ3v) is 4.19. The summed E-state index contributed by atoms with van der Waals surface area (Å²) in [5.41, 5.74) is 2.23.